The zero-order valence-electron chi connectivity index (χ0n) is 9.35. The molecule has 0 aliphatic carbocycles. The van der Waals surface area contributed by atoms with E-state index in [0.717, 1.165) is 13.1 Å². The summed E-state index contributed by atoms with van der Waals surface area (Å²) in [5.74, 6) is 0. The van der Waals surface area contributed by atoms with Crippen LogP contribution in [0.15, 0.2) is 0 Å². The lowest BCUT2D eigenvalue weighted by atomic mass is 9.92. The Kier molecular flexibility index (Phi) is 3.96. The number of halogens is 1. The van der Waals surface area contributed by atoms with Crippen molar-refractivity contribution in [1.29, 1.82) is 0 Å². The van der Waals surface area contributed by atoms with Crippen molar-refractivity contribution < 1.29 is 4.79 Å². The van der Waals surface area contributed by atoms with Gasteiger partial charge in [-0.1, -0.05) is 20.3 Å². The van der Waals surface area contributed by atoms with Gasteiger partial charge in [-0.3, -0.25) is 9.69 Å². The van der Waals surface area contributed by atoms with Gasteiger partial charge in [0.1, 0.15) is 0 Å². The van der Waals surface area contributed by atoms with Crippen LogP contribution >= 0.6 is 11.6 Å². The first kappa shape index (κ1) is 12.0. The maximum absolute atomic E-state index is 11.2. The molecule has 0 aromatic rings. The number of carbonyl (C=O) groups is 1. The first-order chi connectivity index (χ1) is 6.43. The minimum Gasteiger partial charge on any atom is -0.300 e. The lowest BCUT2D eigenvalue weighted by Crippen LogP contribution is -2.44. The zero-order chi connectivity index (χ0) is 10.8. The summed E-state index contributed by atoms with van der Waals surface area (Å²) in [6, 6.07) is 0.596. The summed E-state index contributed by atoms with van der Waals surface area (Å²) in [6.07, 6.45) is 3.80. The average molecular weight is 218 g/mol. The van der Waals surface area contributed by atoms with Gasteiger partial charge in [-0.15, -0.1) is 0 Å². The molecule has 1 aliphatic heterocycles. The lowest BCUT2D eigenvalue weighted by Gasteiger charge is -2.37. The molecule has 1 fully saturated rings. The van der Waals surface area contributed by atoms with Crippen molar-refractivity contribution >= 4 is 16.8 Å². The highest BCUT2D eigenvalue weighted by Crippen LogP contribution is 2.25. The van der Waals surface area contributed by atoms with Gasteiger partial charge in [-0.25, -0.2) is 0 Å². The minimum absolute atomic E-state index is 0.227. The first-order valence-electron chi connectivity index (χ1n) is 5.37. The van der Waals surface area contributed by atoms with Crippen LogP contribution in [0.25, 0.3) is 0 Å². The molecule has 2 nitrogen and oxygen atoms in total. The normalized spacial score (nSPS) is 25.0. The molecule has 0 radical (unpaired) electrons. The third kappa shape index (κ3) is 2.96. The molecular formula is C11H20ClNO. The summed E-state index contributed by atoms with van der Waals surface area (Å²) < 4.78 is 0. The van der Waals surface area contributed by atoms with Crippen molar-refractivity contribution in [1.82, 2.24) is 4.90 Å². The van der Waals surface area contributed by atoms with Crippen molar-refractivity contribution in [3.8, 4) is 0 Å². The largest absolute Gasteiger partial charge is 0.300 e. The summed E-state index contributed by atoms with van der Waals surface area (Å²) in [5.41, 5.74) is -0.410. The highest BCUT2D eigenvalue weighted by atomic mass is 35.5. The Morgan fingerprint density at radius 3 is 2.64 bits per heavy atom. The van der Waals surface area contributed by atoms with Crippen LogP contribution in [0.3, 0.4) is 0 Å². The van der Waals surface area contributed by atoms with E-state index < -0.39 is 5.41 Å². The molecule has 1 rings (SSSR count). The highest BCUT2D eigenvalue weighted by Gasteiger charge is 2.31. The van der Waals surface area contributed by atoms with Gasteiger partial charge >= 0.3 is 0 Å². The molecule has 0 saturated carbocycles. The molecule has 0 bridgehead atoms. The molecule has 0 aromatic carbocycles. The van der Waals surface area contributed by atoms with Crippen LogP contribution in [0.5, 0.6) is 0 Å². The van der Waals surface area contributed by atoms with Crippen LogP contribution in [0.4, 0.5) is 0 Å². The van der Waals surface area contributed by atoms with Crippen LogP contribution < -0.4 is 0 Å². The third-order valence-electron chi connectivity index (χ3n) is 3.07. The number of piperidine rings is 1. The summed E-state index contributed by atoms with van der Waals surface area (Å²) in [7, 11) is 0. The highest BCUT2D eigenvalue weighted by molar-refractivity contribution is 6.64. The Morgan fingerprint density at radius 2 is 2.14 bits per heavy atom. The Morgan fingerprint density at radius 1 is 1.50 bits per heavy atom. The maximum Gasteiger partial charge on any atom is 0.228 e. The summed E-state index contributed by atoms with van der Waals surface area (Å²) in [5, 5.41) is -0.227. The van der Waals surface area contributed by atoms with E-state index in [-0.39, 0.29) is 5.24 Å². The van der Waals surface area contributed by atoms with E-state index in [0.29, 0.717) is 6.04 Å². The van der Waals surface area contributed by atoms with E-state index in [9.17, 15) is 4.79 Å². The van der Waals surface area contributed by atoms with Crippen molar-refractivity contribution in [3.05, 3.63) is 0 Å². The predicted molar refractivity (Wildman–Crippen MR) is 59.5 cm³/mol. The van der Waals surface area contributed by atoms with Gasteiger partial charge < -0.3 is 0 Å². The molecule has 1 heterocycles. The molecule has 1 atom stereocenters. The molecular weight excluding hydrogens is 198 g/mol. The zero-order valence-corrected chi connectivity index (χ0v) is 10.1. The smallest absolute Gasteiger partial charge is 0.228 e. The molecule has 3 heteroatoms. The Hall–Kier alpha value is -0.0800. The van der Waals surface area contributed by atoms with Gasteiger partial charge in [-0.2, -0.15) is 0 Å². The Balaban J connectivity index is 2.53. The molecule has 1 unspecified atom stereocenters. The van der Waals surface area contributed by atoms with Crippen molar-refractivity contribution in [2.45, 2.75) is 46.1 Å². The first-order valence-corrected chi connectivity index (χ1v) is 5.75. The summed E-state index contributed by atoms with van der Waals surface area (Å²) >= 11 is 5.57. The predicted octanol–water partition coefficient (Wildman–Crippen LogP) is 2.65. The number of carbonyl (C=O) groups excluding carboxylic acids is 1. The molecule has 82 valence electrons. The standard InChI is InChI=1S/C11H20ClNO/c1-9-6-4-5-7-13(9)8-11(2,3)10(12)14/h9H,4-8H2,1-3H3. The van der Waals surface area contributed by atoms with E-state index in [2.05, 4.69) is 11.8 Å². The van der Waals surface area contributed by atoms with Crippen molar-refractivity contribution in [2.75, 3.05) is 13.1 Å². The van der Waals surface area contributed by atoms with Gasteiger partial charge in [0.05, 0.1) is 5.41 Å². The van der Waals surface area contributed by atoms with E-state index >= 15 is 0 Å². The lowest BCUT2D eigenvalue weighted by molar-refractivity contribution is -0.120. The van der Waals surface area contributed by atoms with Crippen LogP contribution in [0.1, 0.15) is 40.0 Å². The number of likely N-dealkylation sites (tertiary alicyclic amines) is 1. The minimum atomic E-state index is -0.410. The quantitative estimate of drug-likeness (QED) is 0.678. The van der Waals surface area contributed by atoms with Gasteiger partial charge in [0.25, 0.3) is 0 Å². The molecule has 0 N–H and O–H groups in total. The van der Waals surface area contributed by atoms with Gasteiger partial charge in [0.2, 0.25) is 5.24 Å². The second-order valence-electron chi connectivity index (χ2n) is 4.97. The number of hydrogen-bond acceptors (Lipinski definition) is 2. The van der Waals surface area contributed by atoms with Crippen molar-refractivity contribution in [2.24, 2.45) is 5.41 Å². The summed E-state index contributed by atoms with van der Waals surface area (Å²) in [4.78, 5) is 13.6. The Bertz CT molecular complexity index is 215. The molecule has 0 amide bonds. The van der Waals surface area contributed by atoms with Gasteiger partial charge in [0, 0.05) is 12.6 Å². The van der Waals surface area contributed by atoms with Crippen LogP contribution in [-0.4, -0.2) is 29.3 Å². The molecule has 1 saturated heterocycles. The molecule has 0 spiro atoms. The fourth-order valence-electron chi connectivity index (χ4n) is 1.96. The van der Waals surface area contributed by atoms with E-state index in [4.69, 9.17) is 11.6 Å². The third-order valence-corrected chi connectivity index (χ3v) is 3.58. The van der Waals surface area contributed by atoms with Crippen LogP contribution in [0.2, 0.25) is 0 Å². The number of rotatable bonds is 3. The van der Waals surface area contributed by atoms with Crippen LogP contribution in [0, 0.1) is 5.41 Å². The van der Waals surface area contributed by atoms with Gasteiger partial charge in [-0.05, 0) is 37.9 Å². The van der Waals surface area contributed by atoms with Crippen LogP contribution in [-0.2, 0) is 4.79 Å². The molecule has 1 aliphatic rings. The fraction of sp³-hybridized carbons (Fsp3) is 0.909. The summed E-state index contributed by atoms with van der Waals surface area (Å²) in [6.45, 7) is 7.96. The maximum atomic E-state index is 11.2. The molecule has 14 heavy (non-hydrogen) atoms. The van der Waals surface area contributed by atoms with E-state index in [1.54, 1.807) is 0 Å². The second-order valence-corrected chi connectivity index (χ2v) is 5.32. The van der Waals surface area contributed by atoms with Gasteiger partial charge in [0.15, 0.2) is 0 Å². The number of hydrogen-bond donors (Lipinski definition) is 0. The average Bonchev–Trinajstić information content (AvgIpc) is 2.08. The van der Waals surface area contributed by atoms with E-state index in [1.807, 2.05) is 13.8 Å². The monoisotopic (exact) mass is 217 g/mol. The number of nitrogens with zero attached hydrogens (tertiary/aromatic N) is 1. The fourth-order valence-corrected chi connectivity index (χ4v) is 2.02. The van der Waals surface area contributed by atoms with E-state index in [1.165, 1.54) is 19.3 Å². The SMILES string of the molecule is CC1CCCCN1CC(C)(C)C(=O)Cl. The van der Waals surface area contributed by atoms with Crippen molar-refractivity contribution in [3.63, 3.8) is 0 Å². The Labute approximate surface area is 91.6 Å². The second kappa shape index (κ2) is 4.63. The topological polar surface area (TPSA) is 20.3 Å². The molecule has 0 aromatic heterocycles.